The summed E-state index contributed by atoms with van der Waals surface area (Å²) in [6, 6.07) is 9.70. The number of anilines is 1. The van der Waals surface area contributed by atoms with Crippen molar-refractivity contribution in [3.8, 4) is 11.3 Å². The topological polar surface area (TPSA) is 62.5 Å². The van der Waals surface area contributed by atoms with Crippen LogP contribution in [0.15, 0.2) is 41.0 Å². The summed E-state index contributed by atoms with van der Waals surface area (Å²) >= 11 is 11.5. The van der Waals surface area contributed by atoms with Crippen LogP contribution < -0.4 is 5.32 Å². The van der Waals surface area contributed by atoms with Gasteiger partial charge in [-0.05, 0) is 47.0 Å². The van der Waals surface area contributed by atoms with Crippen LogP contribution in [-0.4, -0.2) is 57.0 Å². The molecule has 6 nitrogen and oxygen atoms in total. The van der Waals surface area contributed by atoms with E-state index in [9.17, 15) is 4.79 Å². The Bertz CT molecular complexity index is 1050. The van der Waals surface area contributed by atoms with E-state index in [1.165, 1.54) is 0 Å². The van der Waals surface area contributed by atoms with Crippen LogP contribution in [-0.2, 0) is 4.79 Å². The van der Waals surface area contributed by atoms with Crippen LogP contribution in [0.1, 0.15) is 12.8 Å². The lowest BCUT2D eigenvalue weighted by atomic mass is 9.97. The second kappa shape index (κ2) is 9.58. The van der Waals surface area contributed by atoms with E-state index in [0.717, 1.165) is 59.7 Å². The molecule has 1 amide bonds. The van der Waals surface area contributed by atoms with Crippen molar-refractivity contribution >= 4 is 56.7 Å². The van der Waals surface area contributed by atoms with E-state index in [2.05, 4.69) is 26.3 Å². The Kier molecular flexibility index (Phi) is 6.85. The summed E-state index contributed by atoms with van der Waals surface area (Å²) in [6.45, 7) is 2.48. The van der Waals surface area contributed by atoms with Gasteiger partial charge in [-0.3, -0.25) is 4.79 Å². The van der Waals surface area contributed by atoms with Gasteiger partial charge in [0.25, 0.3) is 0 Å². The summed E-state index contributed by atoms with van der Waals surface area (Å²) in [7, 11) is 0. The van der Waals surface area contributed by atoms with Crippen molar-refractivity contribution < 1.29 is 4.79 Å². The smallest absolute Gasteiger partial charge is 0.232 e. The molecule has 1 N–H and O–H groups in total. The van der Waals surface area contributed by atoms with Crippen molar-refractivity contribution in [2.24, 2.45) is 5.92 Å². The molecule has 1 saturated heterocycles. The van der Waals surface area contributed by atoms with E-state index in [1.54, 1.807) is 18.0 Å². The Morgan fingerprint density at radius 1 is 1.33 bits per heavy atom. The van der Waals surface area contributed by atoms with Crippen LogP contribution in [0.3, 0.4) is 0 Å². The number of piperidine rings is 1. The van der Waals surface area contributed by atoms with E-state index in [4.69, 9.17) is 16.6 Å². The van der Waals surface area contributed by atoms with Crippen molar-refractivity contribution in [2.75, 3.05) is 37.0 Å². The number of carbonyl (C=O) groups is 1. The molecule has 0 radical (unpaired) electrons. The molecule has 0 atom stereocenters. The van der Waals surface area contributed by atoms with Crippen molar-refractivity contribution in [1.29, 1.82) is 0 Å². The van der Waals surface area contributed by atoms with Crippen molar-refractivity contribution in [2.45, 2.75) is 12.8 Å². The van der Waals surface area contributed by atoms with Gasteiger partial charge in [-0.25, -0.2) is 4.98 Å². The molecule has 3 aromatic rings. The maximum absolute atomic E-state index is 12.1. The average Bonchev–Trinajstić information content (AvgIpc) is 3.14. The van der Waals surface area contributed by atoms with Gasteiger partial charge in [0.2, 0.25) is 5.91 Å². The Morgan fingerprint density at radius 3 is 2.83 bits per heavy atom. The largest absolute Gasteiger partial charge is 0.370 e. The van der Waals surface area contributed by atoms with Crippen molar-refractivity contribution in [3.63, 3.8) is 0 Å². The lowest BCUT2D eigenvalue weighted by Crippen LogP contribution is -2.40. The highest BCUT2D eigenvalue weighted by atomic mass is 79.9. The number of fused-ring (bicyclic) bond motifs is 1. The molecule has 0 unspecified atom stereocenters. The number of carbonyl (C=O) groups excluding carboxylic acids is 1. The molecule has 0 aliphatic carbocycles. The minimum atomic E-state index is 0.246. The first-order chi connectivity index (χ1) is 14.6. The molecule has 1 aliphatic rings. The summed E-state index contributed by atoms with van der Waals surface area (Å²) in [5, 5.41) is 8.68. The first kappa shape index (κ1) is 21.5. The second-order valence-corrected chi connectivity index (χ2v) is 9.50. The van der Waals surface area contributed by atoms with Crippen molar-refractivity contribution in [3.05, 3.63) is 46.0 Å². The molecule has 2 aromatic heterocycles. The van der Waals surface area contributed by atoms with Gasteiger partial charge in [-0.15, -0.1) is 0 Å². The van der Waals surface area contributed by atoms with Crippen LogP contribution in [0, 0.1) is 5.92 Å². The highest BCUT2D eigenvalue weighted by Gasteiger charge is 2.23. The molecule has 1 fully saturated rings. The highest BCUT2D eigenvalue weighted by molar-refractivity contribution is 9.10. The molecule has 0 spiro atoms. The van der Waals surface area contributed by atoms with Gasteiger partial charge >= 0.3 is 0 Å². The monoisotopic (exact) mass is 507 g/mol. The van der Waals surface area contributed by atoms with Crippen LogP contribution >= 0.6 is 39.3 Å². The fourth-order valence-electron chi connectivity index (χ4n) is 3.72. The molecule has 0 saturated carbocycles. The molecule has 1 aromatic carbocycles. The third-order valence-corrected chi connectivity index (χ3v) is 6.81. The molecule has 30 heavy (non-hydrogen) atoms. The average molecular weight is 509 g/mol. The predicted octanol–water partition coefficient (Wildman–Crippen LogP) is 4.83. The number of nitrogens with zero attached hydrogens (tertiary/aromatic N) is 4. The Hall–Kier alpha value is -1.77. The van der Waals surface area contributed by atoms with Gasteiger partial charge in [-0.2, -0.15) is 21.4 Å². The number of aromatic nitrogens is 3. The second-order valence-electron chi connectivity index (χ2n) is 7.37. The number of rotatable bonds is 6. The number of thioether (sulfide) groups is 1. The maximum Gasteiger partial charge on any atom is 0.232 e. The molecule has 1 aliphatic heterocycles. The normalized spacial score (nSPS) is 15.0. The van der Waals surface area contributed by atoms with E-state index in [0.29, 0.717) is 16.7 Å². The Morgan fingerprint density at radius 2 is 2.10 bits per heavy atom. The zero-order chi connectivity index (χ0) is 21.1. The Balaban J connectivity index is 1.51. The van der Waals surface area contributed by atoms with Gasteiger partial charge in [0.05, 0.1) is 22.1 Å². The van der Waals surface area contributed by atoms with E-state index in [-0.39, 0.29) is 5.91 Å². The van der Waals surface area contributed by atoms with Gasteiger partial charge in [0, 0.05) is 36.3 Å². The zero-order valence-electron chi connectivity index (χ0n) is 16.6. The van der Waals surface area contributed by atoms with Crippen LogP contribution in [0.4, 0.5) is 5.82 Å². The molecular weight excluding hydrogens is 486 g/mol. The number of amides is 1. The zero-order valence-corrected chi connectivity index (χ0v) is 19.8. The third-order valence-electron chi connectivity index (χ3n) is 5.39. The molecular formula is C21H23BrClN5OS. The van der Waals surface area contributed by atoms with Gasteiger partial charge < -0.3 is 10.2 Å². The SMILES string of the molecule is CSCC(=O)N1CCC(CNc2cc(-c3ccccc3Cl)nc3c(Br)cnn23)CC1. The number of halogens is 2. The lowest BCUT2D eigenvalue weighted by Gasteiger charge is -2.32. The quantitative estimate of drug-likeness (QED) is 0.517. The van der Waals surface area contributed by atoms with E-state index >= 15 is 0 Å². The highest BCUT2D eigenvalue weighted by Crippen LogP contribution is 2.30. The molecule has 0 bridgehead atoms. The minimum Gasteiger partial charge on any atom is -0.370 e. The molecule has 9 heteroatoms. The number of likely N-dealkylation sites (tertiary alicyclic amines) is 1. The first-order valence-corrected chi connectivity index (χ1v) is 12.4. The fraction of sp³-hybridized carbons (Fsp3) is 0.381. The van der Waals surface area contributed by atoms with E-state index in [1.807, 2.05) is 46.0 Å². The third kappa shape index (κ3) is 4.60. The van der Waals surface area contributed by atoms with Crippen LogP contribution in [0.2, 0.25) is 5.02 Å². The lowest BCUT2D eigenvalue weighted by molar-refractivity contribution is -0.129. The number of benzene rings is 1. The summed E-state index contributed by atoms with van der Waals surface area (Å²) < 4.78 is 2.64. The Labute approximate surface area is 193 Å². The van der Waals surface area contributed by atoms with Gasteiger partial charge in [-0.1, -0.05) is 29.8 Å². The summed E-state index contributed by atoms with van der Waals surface area (Å²) in [5.41, 5.74) is 2.43. The van der Waals surface area contributed by atoms with Gasteiger partial charge in [0.1, 0.15) is 5.82 Å². The van der Waals surface area contributed by atoms with Gasteiger partial charge in [0.15, 0.2) is 5.65 Å². The van der Waals surface area contributed by atoms with Crippen LogP contribution in [0.5, 0.6) is 0 Å². The summed E-state index contributed by atoms with van der Waals surface area (Å²) in [5.74, 6) is 2.20. The number of nitrogens with one attached hydrogen (secondary N) is 1. The molecule has 3 heterocycles. The summed E-state index contributed by atoms with van der Waals surface area (Å²) in [4.78, 5) is 18.8. The van der Waals surface area contributed by atoms with Crippen molar-refractivity contribution in [1.82, 2.24) is 19.5 Å². The van der Waals surface area contributed by atoms with Crippen LogP contribution in [0.25, 0.3) is 16.9 Å². The molecule has 4 rings (SSSR count). The molecule has 158 valence electrons. The minimum absolute atomic E-state index is 0.246. The summed E-state index contributed by atoms with van der Waals surface area (Å²) in [6.07, 6.45) is 5.72. The maximum atomic E-state index is 12.1. The van der Waals surface area contributed by atoms with E-state index < -0.39 is 0 Å². The predicted molar refractivity (Wildman–Crippen MR) is 127 cm³/mol. The number of hydrogen-bond acceptors (Lipinski definition) is 5. The first-order valence-electron chi connectivity index (χ1n) is 9.86. The standard InChI is InChI=1S/C21H23BrClN5OS/c1-30-13-20(29)27-8-6-14(7-9-27)11-24-19-10-18(15-4-2-3-5-17(15)23)26-21-16(22)12-25-28(19)21/h2-5,10,12,14,24H,6-9,11,13H2,1H3. The fourth-order valence-corrected chi connectivity index (χ4v) is 4.73. The number of hydrogen-bond donors (Lipinski definition) is 1.